The van der Waals surface area contributed by atoms with E-state index in [-0.39, 0.29) is 29.6 Å². The first-order chi connectivity index (χ1) is 10.5. The third-order valence-electron chi connectivity index (χ3n) is 3.35. The summed E-state index contributed by atoms with van der Waals surface area (Å²) in [6.45, 7) is 4.19. The highest BCUT2D eigenvalue weighted by Gasteiger charge is 2.08. The Balaban J connectivity index is 1.87. The average Bonchev–Trinajstić information content (AvgIpc) is 2.46. The van der Waals surface area contributed by atoms with Gasteiger partial charge in [-0.25, -0.2) is 4.39 Å². The Hall–Kier alpha value is -2.07. The summed E-state index contributed by atoms with van der Waals surface area (Å²) < 4.78 is 19.2. The Morgan fingerprint density at radius 1 is 1.27 bits per heavy atom. The number of aryl methyl sites for hydroxylation is 1. The smallest absolute Gasteiger partial charge is 0.227 e. The lowest BCUT2D eigenvalue weighted by Gasteiger charge is -2.11. The standard InChI is InChI=1S/C17H17ClFNO2/c1-11-4-3-5-16(12(11)2)22-9-8-17(21)20-15-7-6-13(18)10-14(15)19/h3-7,10H,8-9H2,1-2H3,(H,20,21). The van der Waals surface area contributed by atoms with Gasteiger partial charge in [0.2, 0.25) is 5.91 Å². The van der Waals surface area contributed by atoms with Crippen molar-refractivity contribution < 1.29 is 13.9 Å². The van der Waals surface area contributed by atoms with Crippen LogP contribution in [-0.2, 0) is 4.79 Å². The van der Waals surface area contributed by atoms with Crippen molar-refractivity contribution in [1.29, 1.82) is 0 Å². The third-order valence-corrected chi connectivity index (χ3v) is 3.58. The molecule has 2 aromatic carbocycles. The van der Waals surface area contributed by atoms with Crippen molar-refractivity contribution in [1.82, 2.24) is 0 Å². The zero-order valence-corrected chi connectivity index (χ0v) is 13.2. The van der Waals surface area contributed by atoms with Crippen molar-refractivity contribution in [2.24, 2.45) is 0 Å². The average molecular weight is 322 g/mol. The summed E-state index contributed by atoms with van der Waals surface area (Å²) in [5, 5.41) is 2.78. The lowest BCUT2D eigenvalue weighted by Crippen LogP contribution is -2.16. The van der Waals surface area contributed by atoms with Crippen LogP contribution in [0.15, 0.2) is 36.4 Å². The van der Waals surface area contributed by atoms with E-state index in [9.17, 15) is 9.18 Å². The second kappa shape index (κ2) is 7.27. The summed E-state index contributed by atoms with van der Waals surface area (Å²) in [5.41, 5.74) is 2.29. The van der Waals surface area contributed by atoms with Gasteiger partial charge in [-0.05, 0) is 49.2 Å². The third kappa shape index (κ3) is 4.21. The molecular weight excluding hydrogens is 305 g/mol. The number of amides is 1. The van der Waals surface area contributed by atoms with Crippen molar-refractivity contribution in [3.8, 4) is 5.75 Å². The van der Waals surface area contributed by atoms with Gasteiger partial charge in [0.1, 0.15) is 11.6 Å². The molecule has 0 saturated heterocycles. The molecule has 0 atom stereocenters. The number of hydrogen-bond acceptors (Lipinski definition) is 2. The van der Waals surface area contributed by atoms with E-state index in [4.69, 9.17) is 16.3 Å². The SMILES string of the molecule is Cc1cccc(OCCC(=O)Nc2ccc(Cl)cc2F)c1C. The zero-order chi connectivity index (χ0) is 16.1. The molecule has 0 heterocycles. The largest absolute Gasteiger partial charge is 0.493 e. The monoisotopic (exact) mass is 321 g/mol. The highest BCUT2D eigenvalue weighted by atomic mass is 35.5. The van der Waals surface area contributed by atoms with Crippen LogP contribution in [0.1, 0.15) is 17.5 Å². The molecule has 0 bridgehead atoms. The Kier molecular flexibility index (Phi) is 5.39. The van der Waals surface area contributed by atoms with Gasteiger partial charge in [0.15, 0.2) is 0 Å². The first-order valence-electron chi connectivity index (χ1n) is 6.91. The molecule has 0 aromatic heterocycles. The predicted octanol–water partition coefficient (Wildman–Crippen LogP) is 4.50. The zero-order valence-electron chi connectivity index (χ0n) is 12.5. The maximum absolute atomic E-state index is 13.6. The normalized spacial score (nSPS) is 10.4. The molecular formula is C17H17ClFNO2. The Morgan fingerprint density at radius 3 is 2.77 bits per heavy atom. The van der Waals surface area contributed by atoms with Crippen molar-refractivity contribution in [3.63, 3.8) is 0 Å². The number of benzene rings is 2. The lowest BCUT2D eigenvalue weighted by atomic mass is 10.1. The van der Waals surface area contributed by atoms with Gasteiger partial charge in [-0.3, -0.25) is 4.79 Å². The Morgan fingerprint density at radius 2 is 2.05 bits per heavy atom. The quantitative estimate of drug-likeness (QED) is 0.880. The molecule has 2 rings (SSSR count). The van der Waals surface area contributed by atoms with E-state index in [1.165, 1.54) is 12.1 Å². The van der Waals surface area contributed by atoms with Crippen LogP contribution >= 0.6 is 11.6 Å². The molecule has 0 saturated carbocycles. The van der Waals surface area contributed by atoms with Crippen molar-refractivity contribution in [3.05, 3.63) is 58.4 Å². The van der Waals surface area contributed by atoms with Crippen LogP contribution in [-0.4, -0.2) is 12.5 Å². The van der Waals surface area contributed by atoms with Crippen LogP contribution < -0.4 is 10.1 Å². The van der Waals surface area contributed by atoms with E-state index < -0.39 is 5.82 Å². The van der Waals surface area contributed by atoms with Gasteiger partial charge in [0, 0.05) is 5.02 Å². The van der Waals surface area contributed by atoms with Gasteiger partial charge >= 0.3 is 0 Å². The van der Waals surface area contributed by atoms with Crippen LogP contribution in [0.2, 0.25) is 5.02 Å². The second-order valence-corrected chi connectivity index (χ2v) is 5.41. The number of hydrogen-bond donors (Lipinski definition) is 1. The molecule has 1 N–H and O–H groups in total. The van der Waals surface area contributed by atoms with Gasteiger partial charge in [0.25, 0.3) is 0 Å². The summed E-state index contributed by atoms with van der Waals surface area (Å²) in [6.07, 6.45) is 0.134. The minimum absolute atomic E-state index is 0.112. The second-order valence-electron chi connectivity index (χ2n) is 4.97. The van der Waals surface area contributed by atoms with Gasteiger partial charge in [-0.15, -0.1) is 0 Å². The van der Waals surface area contributed by atoms with Gasteiger partial charge in [0.05, 0.1) is 18.7 Å². The van der Waals surface area contributed by atoms with E-state index in [0.29, 0.717) is 0 Å². The molecule has 0 unspecified atom stereocenters. The molecule has 0 aliphatic heterocycles. The van der Waals surface area contributed by atoms with E-state index in [1.807, 2.05) is 32.0 Å². The van der Waals surface area contributed by atoms with Gasteiger partial charge < -0.3 is 10.1 Å². The maximum Gasteiger partial charge on any atom is 0.227 e. The molecule has 5 heteroatoms. The highest BCUT2D eigenvalue weighted by Crippen LogP contribution is 2.21. The highest BCUT2D eigenvalue weighted by molar-refractivity contribution is 6.30. The summed E-state index contributed by atoms with van der Waals surface area (Å²) in [5.74, 6) is -0.117. The predicted molar refractivity (Wildman–Crippen MR) is 86.1 cm³/mol. The molecule has 0 fully saturated rings. The first kappa shape index (κ1) is 16.3. The van der Waals surface area contributed by atoms with Crippen molar-refractivity contribution >= 4 is 23.2 Å². The Labute approximate surface area is 134 Å². The minimum Gasteiger partial charge on any atom is -0.493 e. The summed E-state index contributed by atoms with van der Waals surface area (Å²) >= 11 is 5.66. The maximum atomic E-state index is 13.6. The van der Waals surface area contributed by atoms with E-state index in [2.05, 4.69) is 5.32 Å². The van der Waals surface area contributed by atoms with Crippen molar-refractivity contribution in [2.75, 3.05) is 11.9 Å². The number of halogens is 2. The molecule has 0 aliphatic carbocycles. The van der Waals surface area contributed by atoms with Crippen LogP contribution in [0, 0.1) is 19.7 Å². The first-order valence-corrected chi connectivity index (χ1v) is 7.29. The molecule has 0 spiro atoms. The fourth-order valence-corrected chi connectivity index (χ4v) is 2.10. The fourth-order valence-electron chi connectivity index (χ4n) is 1.94. The number of nitrogens with one attached hydrogen (secondary N) is 1. The van der Waals surface area contributed by atoms with Crippen LogP contribution in [0.25, 0.3) is 0 Å². The Bertz CT molecular complexity index is 688. The van der Waals surface area contributed by atoms with Gasteiger partial charge in [-0.2, -0.15) is 0 Å². The van der Waals surface area contributed by atoms with Crippen molar-refractivity contribution in [2.45, 2.75) is 20.3 Å². The van der Waals surface area contributed by atoms with Crippen LogP contribution in [0.3, 0.4) is 0 Å². The number of anilines is 1. The fraction of sp³-hybridized carbons (Fsp3) is 0.235. The molecule has 0 aliphatic rings. The molecule has 3 nitrogen and oxygen atoms in total. The number of ether oxygens (including phenoxy) is 1. The van der Waals surface area contributed by atoms with E-state index >= 15 is 0 Å². The number of carbonyl (C=O) groups is 1. The summed E-state index contributed by atoms with van der Waals surface area (Å²) in [7, 11) is 0. The summed E-state index contributed by atoms with van der Waals surface area (Å²) in [4.78, 5) is 11.8. The molecule has 1 amide bonds. The van der Waals surface area contributed by atoms with E-state index in [0.717, 1.165) is 22.9 Å². The molecule has 0 radical (unpaired) electrons. The molecule has 116 valence electrons. The van der Waals surface area contributed by atoms with Crippen LogP contribution in [0.4, 0.5) is 10.1 Å². The topological polar surface area (TPSA) is 38.3 Å². The van der Waals surface area contributed by atoms with Gasteiger partial charge in [-0.1, -0.05) is 23.7 Å². The lowest BCUT2D eigenvalue weighted by molar-refractivity contribution is -0.116. The minimum atomic E-state index is -0.559. The molecule has 2 aromatic rings. The number of rotatable bonds is 5. The number of carbonyl (C=O) groups excluding carboxylic acids is 1. The van der Waals surface area contributed by atoms with Crippen LogP contribution in [0.5, 0.6) is 5.75 Å². The van der Waals surface area contributed by atoms with E-state index in [1.54, 1.807) is 0 Å². The summed E-state index contributed by atoms with van der Waals surface area (Å²) in [6, 6.07) is 9.87. The molecule has 22 heavy (non-hydrogen) atoms.